The summed E-state index contributed by atoms with van der Waals surface area (Å²) in [7, 11) is 3.10. The van der Waals surface area contributed by atoms with Crippen LogP contribution in [0.4, 0.5) is 4.79 Å². The highest BCUT2D eigenvalue weighted by atomic mass is 79.9. The van der Waals surface area contributed by atoms with Gasteiger partial charge in [-0.3, -0.25) is 14.6 Å². The van der Waals surface area contributed by atoms with Gasteiger partial charge >= 0.3 is 12.0 Å². The summed E-state index contributed by atoms with van der Waals surface area (Å²) < 4.78 is 2.81. The Hall–Kier alpha value is -3.33. The van der Waals surface area contributed by atoms with Gasteiger partial charge in [-0.1, -0.05) is 63.4 Å². The van der Waals surface area contributed by atoms with Crippen molar-refractivity contribution in [2.24, 2.45) is 10.1 Å². The first-order valence-electron chi connectivity index (χ1n) is 9.31. The number of benzene rings is 2. The quantitative estimate of drug-likeness (QED) is 0.425. The van der Waals surface area contributed by atoms with E-state index >= 15 is 0 Å². The van der Waals surface area contributed by atoms with Crippen molar-refractivity contribution in [3.05, 3.63) is 70.2 Å². The second kappa shape index (κ2) is 8.19. The summed E-state index contributed by atoms with van der Waals surface area (Å²) in [5, 5.41) is 4.29. The number of amidine groups is 1. The fraction of sp³-hybridized carbons (Fsp3) is 0.190. The average molecular weight is 468 g/mol. The van der Waals surface area contributed by atoms with Crippen LogP contribution in [0.15, 0.2) is 69.2 Å². The van der Waals surface area contributed by atoms with Gasteiger partial charge in [0.15, 0.2) is 0 Å². The maximum Gasteiger partial charge on any atom is 0.414 e. The molecule has 152 valence electrons. The molecule has 2 aliphatic rings. The van der Waals surface area contributed by atoms with Crippen molar-refractivity contribution >= 4 is 45.9 Å². The second-order valence-corrected chi connectivity index (χ2v) is 7.89. The Morgan fingerprint density at radius 3 is 2.50 bits per heavy atom. The van der Waals surface area contributed by atoms with E-state index < -0.39 is 12.1 Å². The van der Waals surface area contributed by atoms with Crippen LogP contribution in [0.2, 0.25) is 0 Å². The molecule has 0 spiro atoms. The minimum absolute atomic E-state index is 0.318. The third kappa shape index (κ3) is 3.76. The molecule has 1 unspecified atom stereocenters. The van der Waals surface area contributed by atoms with Crippen molar-refractivity contribution < 1.29 is 14.2 Å². The lowest BCUT2D eigenvalue weighted by Crippen LogP contribution is -2.61. The number of guanidine groups is 1. The molecule has 0 aliphatic carbocycles. The molecular formula is C21H20BrN6O2+. The van der Waals surface area contributed by atoms with Crippen molar-refractivity contribution in [1.82, 2.24) is 15.2 Å². The van der Waals surface area contributed by atoms with Gasteiger partial charge in [-0.25, -0.2) is 9.37 Å². The zero-order valence-electron chi connectivity index (χ0n) is 16.5. The summed E-state index contributed by atoms with van der Waals surface area (Å²) in [5.41, 5.74) is 4.87. The Balaban J connectivity index is 1.67. The molecule has 2 heterocycles. The minimum Gasteiger partial charge on any atom is -0.270 e. The lowest BCUT2D eigenvalue weighted by Gasteiger charge is -2.31. The van der Waals surface area contributed by atoms with Crippen LogP contribution in [0, 0.1) is 0 Å². The zero-order chi connectivity index (χ0) is 21.3. The lowest BCUT2D eigenvalue weighted by atomic mass is 10.1. The largest absolute Gasteiger partial charge is 0.414 e. The standard InChI is InChI=1S/C21H19BrN6O2/c1-26-18-17(19(29)27(2)21(26)30)28(13-15-6-4-3-5-7-15)20(24-18)25-23-12-14-8-10-16(22)11-9-14/h3-12,17H,13H2,1-2H3/p+1/b23-12+. The molecule has 1 atom stereocenters. The number of nitrogens with one attached hydrogen (secondary N) is 1. The molecule has 3 amide bonds. The number of carbonyl (C=O) groups is 2. The van der Waals surface area contributed by atoms with E-state index in [-0.39, 0.29) is 5.91 Å². The van der Waals surface area contributed by atoms with Crippen LogP contribution >= 0.6 is 15.9 Å². The Morgan fingerprint density at radius 1 is 1.10 bits per heavy atom. The first kappa shape index (κ1) is 20.0. The molecule has 0 saturated carbocycles. The second-order valence-electron chi connectivity index (χ2n) is 6.97. The van der Waals surface area contributed by atoms with Crippen LogP contribution in [-0.4, -0.2) is 64.5 Å². The Bertz CT molecular complexity index is 1080. The summed E-state index contributed by atoms with van der Waals surface area (Å²) in [6.45, 7) is 0.441. The molecule has 9 heteroatoms. The molecule has 1 fully saturated rings. The number of hydrogen-bond acceptors (Lipinski definition) is 5. The van der Waals surface area contributed by atoms with Gasteiger partial charge in [-0.2, -0.15) is 5.43 Å². The number of hydrogen-bond donors (Lipinski definition) is 1. The van der Waals surface area contributed by atoms with Crippen molar-refractivity contribution in [2.75, 3.05) is 14.1 Å². The molecule has 30 heavy (non-hydrogen) atoms. The predicted molar refractivity (Wildman–Crippen MR) is 117 cm³/mol. The maximum absolute atomic E-state index is 12.9. The van der Waals surface area contributed by atoms with E-state index in [0.717, 1.165) is 20.5 Å². The summed E-state index contributed by atoms with van der Waals surface area (Å²) in [4.78, 5) is 32.3. The molecule has 2 aliphatic heterocycles. The van der Waals surface area contributed by atoms with E-state index in [4.69, 9.17) is 0 Å². The van der Waals surface area contributed by atoms with Gasteiger partial charge in [0.25, 0.3) is 5.91 Å². The first-order valence-corrected chi connectivity index (χ1v) is 10.1. The van der Waals surface area contributed by atoms with Crippen molar-refractivity contribution in [3.63, 3.8) is 0 Å². The fourth-order valence-corrected chi connectivity index (χ4v) is 3.61. The molecular weight excluding hydrogens is 448 g/mol. The van der Waals surface area contributed by atoms with Crippen LogP contribution in [0.25, 0.3) is 0 Å². The van der Waals surface area contributed by atoms with Gasteiger partial charge in [0.2, 0.25) is 11.9 Å². The molecule has 1 saturated heterocycles. The number of hydrazone groups is 1. The average Bonchev–Trinajstić information content (AvgIpc) is 3.11. The van der Waals surface area contributed by atoms with Gasteiger partial charge in [0.1, 0.15) is 0 Å². The number of carbonyl (C=O) groups excluding carboxylic acids is 2. The number of fused-ring (bicyclic) bond motifs is 1. The molecule has 1 N–H and O–H groups in total. The molecule has 0 bridgehead atoms. The first-order chi connectivity index (χ1) is 14.5. The zero-order valence-corrected chi connectivity index (χ0v) is 18.1. The summed E-state index contributed by atoms with van der Waals surface area (Å²) in [6, 6.07) is 16.4. The molecule has 0 radical (unpaired) electrons. The highest BCUT2D eigenvalue weighted by Gasteiger charge is 2.51. The fourth-order valence-electron chi connectivity index (χ4n) is 3.35. The topological polar surface area (TPSA) is 80.4 Å². The number of imide groups is 1. The van der Waals surface area contributed by atoms with E-state index in [2.05, 4.69) is 31.4 Å². The SMILES string of the molecule is CN1C(=O)C2C(=NC(N/N=C/c3ccc(Br)cc3)=[N+]2Cc2ccccc2)N(C)C1=O. The number of halogens is 1. The van der Waals surface area contributed by atoms with Crippen LogP contribution in [0.3, 0.4) is 0 Å². The maximum atomic E-state index is 12.9. The van der Waals surface area contributed by atoms with Gasteiger partial charge in [0.05, 0.1) is 12.8 Å². The van der Waals surface area contributed by atoms with Crippen LogP contribution < -0.4 is 5.43 Å². The predicted octanol–water partition coefficient (Wildman–Crippen LogP) is 2.25. The van der Waals surface area contributed by atoms with Gasteiger partial charge in [0, 0.05) is 18.6 Å². The number of nitrogens with zero attached hydrogens (tertiary/aromatic N) is 5. The van der Waals surface area contributed by atoms with Crippen LogP contribution in [0.1, 0.15) is 11.1 Å². The highest BCUT2D eigenvalue weighted by molar-refractivity contribution is 9.10. The molecule has 0 aromatic heterocycles. The Labute approximate surface area is 182 Å². The summed E-state index contributed by atoms with van der Waals surface area (Å²) in [5.74, 6) is 0.484. The molecule has 2 aromatic carbocycles. The van der Waals surface area contributed by atoms with Crippen molar-refractivity contribution in [2.45, 2.75) is 12.6 Å². The van der Waals surface area contributed by atoms with Gasteiger partial charge < -0.3 is 0 Å². The number of aliphatic imine (C=N–C) groups is 1. The highest BCUT2D eigenvalue weighted by Crippen LogP contribution is 2.20. The Kier molecular flexibility index (Phi) is 5.45. The number of likely N-dealkylation sites (N-methyl/N-ethyl adjacent to an activating group) is 2. The van der Waals surface area contributed by atoms with Crippen molar-refractivity contribution in [1.29, 1.82) is 0 Å². The van der Waals surface area contributed by atoms with E-state index in [1.54, 1.807) is 13.3 Å². The number of urea groups is 1. The van der Waals surface area contributed by atoms with Crippen molar-refractivity contribution in [3.8, 4) is 0 Å². The summed E-state index contributed by atoms with van der Waals surface area (Å²) >= 11 is 3.41. The van der Waals surface area contributed by atoms with E-state index in [0.29, 0.717) is 18.3 Å². The third-order valence-electron chi connectivity index (χ3n) is 4.97. The monoisotopic (exact) mass is 467 g/mol. The molecule has 8 nitrogen and oxygen atoms in total. The van der Waals surface area contributed by atoms with E-state index in [9.17, 15) is 9.59 Å². The summed E-state index contributed by atoms with van der Waals surface area (Å²) in [6.07, 6.45) is 1.67. The molecule has 4 rings (SSSR count). The lowest BCUT2D eigenvalue weighted by molar-refractivity contribution is -0.553. The smallest absolute Gasteiger partial charge is 0.270 e. The van der Waals surface area contributed by atoms with Gasteiger partial charge in [-0.15, -0.1) is 5.10 Å². The van der Waals surface area contributed by atoms with Crippen LogP contribution in [-0.2, 0) is 11.3 Å². The third-order valence-corrected chi connectivity index (χ3v) is 5.50. The minimum atomic E-state index is -0.691. The van der Waals surface area contributed by atoms with E-state index in [1.165, 1.54) is 11.9 Å². The number of rotatable bonds is 4. The molecule has 2 aromatic rings. The van der Waals surface area contributed by atoms with E-state index in [1.807, 2.05) is 59.2 Å². The normalized spacial score (nSPS) is 18.9. The van der Waals surface area contributed by atoms with Crippen LogP contribution in [0.5, 0.6) is 0 Å². The van der Waals surface area contributed by atoms with Gasteiger partial charge in [-0.05, 0) is 23.3 Å². The Morgan fingerprint density at radius 2 is 1.80 bits per heavy atom. The number of amides is 3.